The second-order valence-corrected chi connectivity index (χ2v) is 6.20. The first-order valence-electron chi connectivity index (χ1n) is 6.38. The molecule has 5 nitrogen and oxygen atoms in total. The van der Waals surface area contributed by atoms with Gasteiger partial charge in [-0.2, -0.15) is 16.7 Å². The number of hydrogen-bond donors (Lipinski definition) is 1. The summed E-state index contributed by atoms with van der Waals surface area (Å²) < 4.78 is 11.0. The molecule has 0 bridgehead atoms. The van der Waals surface area contributed by atoms with Gasteiger partial charge < -0.3 is 15.0 Å². The summed E-state index contributed by atoms with van der Waals surface area (Å²) >= 11 is 1.86. The first-order valence-corrected chi connectivity index (χ1v) is 7.53. The fraction of sp³-hybridized carbons (Fsp3) is 0.833. The van der Waals surface area contributed by atoms with Crippen molar-refractivity contribution in [3.8, 4) is 0 Å². The van der Waals surface area contributed by atoms with E-state index in [2.05, 4.69) is 24.0 Å². The van der Waals surface area contributed by atoms with Gasteiger partial charge in [0, 0.05) is 17.5 Å². The third-order valence-corrected chi connectivity index (χ3v) is 4.12. The van der Waals surface area contributed by atoms with Crippen LogP contribution in [-0.4, -0.2) is 34.3 Å². The highest BCUT2D eigenvalue weighted by Crippen LogP contribution is 2.29. The fourth-order valence-electron chi connectivity index (χ4n) is 2.27. The van der Waals surface area contributed by atoms with Crippen LogP contribution in [0.25, 0.3) is 0 Å². The quantitative estimate of drug-likeness (QED) is 0.902. The van der Waals surface area contributed by atoms with E-state index in [9.17, 15) is 0 Å². The molecule has 2 rings (SSSR count). The third kappa shape index (κ3) is 3.05. The number of nitrogens with two attached hydrogens (primary N) is 1. The summed E-state index contributed by atoms with van der Waals surface area (Å²) in [5.74, 6) is 3.69. The minimum atomic E-state index is -0.0397. The van der Waals surface area contributed by atoms with Crippen LogP contribution in [0.2, 0.25) is 0 Å². The van der Waals surface area contributed by atoms with Crippen molar-refractivity contribution in [1.82, 2.24) is 10.1 Å². The van der Waals surface area contributed by atoms with E-state index in [1.807, 2.05) is 18.7 Å². The molecule has 2 heterocycles. The maximum absolute atomic E-state index is 5.99. The van der Waals surface area contributed by atoms with E-state index in [0.29, 0.717) is 17.6 Å². The summed E-state index contributed by atoms with van der Waals surface area (Å²) in [4.78, 5) is 4.48. The van der Waals surface area contributed by atoms with Crippen LogP contribution in [0.15, 0.2) is 4.52 Å². The van der Waals surface area contributed by atoms with Crippen molar-refractivity contribution >= 4 is 11.8 Å². The first kappa shape index (κ1) is 13.8. The largest absolute Gasteiger partial charge is 0.368 e. The van der Waals surface area contributed by atoms with Gasteiger partial charge in [-0.3, -0.25) is 0 Å². The van der Waals surface area contributed by atoms with Crippen LogP contribution in [0.5, 0.6) is 0 Å². The van der Waals surface area contributed by atoms with E-state index >= 15 is 0 Å². The van der Waals surface area contributed by atoms with Crippen LogP contribution >= 0.6 is 11.8 Å². The zero-order chi connectivity index (χ0) is 13.1. The predicted octanol–water partition coefficient (Wildman–Crippen LogP) is 1.96. The highest BCUT2D eigenvalue weighted by atomic mass is 32.2. The van der Waals surface area contributed by atoms with Crippen molar-refractivity contribution in [2.75, 3.05) is 18.1 Å². The molecule has 102 valence electrons. The molecule has 0 aliphatic carbocycles. The van der Waals surface area contributed by atoms with Crippen molar-refractivity contribution in [2.45, 2.75) is 38.8 Å². The van der Waals surface area contributed by atoms with Gasteiger partial charge in [0.2, 0.25) is 11.7 Å². The van der Waals surface area contributed by atoms with E-state index in [-0.39, 0.29) is 18.1 Å². The van der Waals surface area contributed by atoms with Crippen LogP contribution in [0.4, 0.5) is 0 Å². The monoisotopic (exact) mass is 271 g/mol. The van der Waals surface area contributed by atoms with Crippen LogP contribution < -0.4 is 5.73 Å². The molecule has 0 amide bonds. The summed E-state index contributed by atoms with van der Waals surface area (Å²) in [5, 5.41) is 4.05. The molecule has 2 N–H and O–H groups in total. The van der Waals surface area contributed by atoms with Gasteiger partial charge in [0.1, 0.15) is 6.10 Å². The molecule has 1 aliphatic heterocycles. The molecule has 1 aromatic rings. The zero-order valence-electron chi connectivity index (χ0n) is 11.1. The molecule has 1 fully saturated rings. The predicted molar refractivity (Wildman–Crippen MR) is 71.5 cm³/mol. The number of ether oxygens (including phenoxy) is 1. The van der Waals surface area contributed by atoms with Gasteiger partial charge in [-0.05, 0) is 12.8 Å². The van der Waals surface area contributed by atoms with Gasteiger partial charge in [0.15, 0.2) is 0 Å². The molecule has 0 aromatic carbocycles. The second-order valence-electron chi connectivity index (χ2n) is 5.05. The molecular formula is C12H21N3O2S. The lowest BCUT2D eigenvalue weighted by molar-refractivity contribution is 0.0677. The van der Waals surface area contributed by atoms with Crippen molar-refractivity contribution < 1.29 is 9.26 Å². The first-order chi connectivity index (χ1) is 8.59. The maximum Gasteiger partial charge on any atom is 0.231 e. The number of hydrogen-bond acceptors (Lipinski definition) is 6. The molecule has 3 unspecified atom stereocenters. The van der Waals surface area contributed by atoms with Crippen molar-refractivity contribution in [1.29, 1.82) is 0 Å². The van der Waals surface area contributed by atoms with Gasteiger partial charge in [-0.1, -0.05) is 19.0 Å². The minimum Gasteiger partial charge on any atom is -0.368 e. The Kier molecular flexibility index (Phi) is 4.64. The smallest absolute Gasteiger partial charge is 0.231 e. The van der Waals surface area contributed by atoms with Crippen LogP contribution in [-0.2, 0) is 4.74 Å². The molecular weight excluding hydrogens is 250 g/mol. The van der Waals surface area contributed by atoms with Crippen LogP contribution in [0.1, 0.15) is 44.5 Å². The number of rotatable bonds is 4. The Balaban J connectivity index is 2.13. The van der Waals surface area contributed by atoms with Gasteiger partial charge in [-0.25, -0.2) is 0 Å². The normalized spacial score (nSPS) is 24.2. The molecule has 1 aliphatic rings. The Labute approximate surface area is 112 Å². The Morgan fingerprint density at radius 1 is 1.39 bits per heavy atom. The Bertz CT molecular complexity index is 367. The molecule has 18 heavy (non-hydrogen) atoms. The van der Waals surface area contributed by atoms with Gasteiger partial charge >= 0.3 is 0 Å². The lowest BCUT2D eigenvalue weighted by Crippen LogP contribution is -2.28. The lowest BCUT2D eigenvalue weighted by atomic mass is 9.90. The van der Waals surface area contributed by atoms with E-state index in [0.717, 1.165) is 18.1 Å². The molecule has 0 saturated carbocycles. The average molecular weight is 271 g/mol. The number of thioether (sulfide) groups is 1. The van der Waals surface area contributed by atoms with Crippen molar-refractivity contribution in [3.05, 3.63) is 11.7 Å². The van der Waals surface area contributed by atoms with E-state index in [1.54, 1.807) is 0 Å². The number of nitrogens with zero attached hydrogens (tertiary/aromatic N) is 2. The van der Waals surface area contributed by atoms with Gasteiger partial charge in [-0.15, -0.1) is 0 Å². The lowest BCUT2D eigenvalue weighted by Gasteiger charge is -2.20. The third-order valence-electron chi connectivity index (χ3n) is 3.13. The molecule has 1 saturated heterocycles. The van der Waals surface area contributed by atoms with Crippen LogP contribution in [0, 0.1) is 5.92 Å². The Morgan fingerprint density at radius 2 is 2.17 bits per heavy atom. The van der Waals surface area contributed by atoms with Gasteiger partial charge in [0.05, 0.1) is 12.5 Å². The minimum absolute atomic E-state index is 0.0000470. The molecule has 3 atom stereocenters. The topological polar surface area (TPSA) is 74.2 Å². The van der Waals surface area contributed by atoms with E-state index in [4.69, 9.17) is 15.0 Å². The zero-order valence-corrected chi connectivity index (χ0v) is 11.9. The second kappa shape index (κ2) is 6.04. The summed E-state index contributed by atoms with van der Waals surface area (Å²) in [6.07, 6.45) is -0.0397. The summed E-state index contributed by atoms with van der Waals surface area (Å²) in [5.41, 5.74) is 5.99. The fourth-order valence-corrected chi connectivity index (χ4v) is 3.11. The molecule has 6 heteroatoms. The van der Waals surface area contributed by atoms with E-state index in [1.165, 1.54) is 0 Å². The van der Waals surface area contributed by atoms with Gasteiger partial charge in [0.25, 0.3) is 0 Å². The van der Waals surface area contributed by atoms with Crippen LogP contribution in [0.3, 0.4) is 0 Å². The van der Waals surface area contributed by atoms with Crippen molar-refractivity contribution in [2.24, 2.45) is 11.7 Å². The van der Waals surface area contributed by atoms with Crippen molar-refractivity contribution in [3.63, 3.8) is 0 Å². The van der Waals surface area contributed by atoms with E-state index < -0.39 is 0 Å². The Hall–Kier alpha value is -0.590. The average Bonchev–Trinajstić information content (AvgIpc) is 2.78. The molecule has 0 spiro atoms. The molecule has 1 aromatic heterocycles. The Morgan fingerprint density at radius 3 is 2.72 bits per heavy atom. The SMILES string of the molecule is CC(C)C(c1nc(C2CSCCO2)no1)C(C)N. The highest BCUT2D eigenvalue weighted by molar-refractivity contribution is 7.99. The number of aromatic nitrogens is 2. The molecule has 0 radical (unpaired) electrons. The standard InChI is InChI=1S/C12H21N3O2S/c1-7(2)10(8(3)13)12-14-11(15-17-12)9-6-18-5-4-16-9/h7-10H,4-6,13H2,1-3H3. The summed E-state index contributed by atoms with van der Waals surface area (Å²) in [6, 6.07) is -0.0000470. The highest BCUT2D eigenvalue weighted by Gasteiger charge is 2.29. The summed E-state index contributed by atoms with van der Waals surface area (Å²) in [7, 11) is 0. The maximum atomic E-state index is 5.99. The summed E-state index contributed by atoms with van der Waals surface area (Å²) in [6.45, 7) is 6.96.